The zero-order chi connectivity index (χ0) is 18.6. The lowest BCUT2D eigenvalue weighted by molar-refractivity contribution is 0.340. The monoisotopic (exact) mass is 397 g/mol. The molecule has 136 valence electrons. The quantitative estimate of drug-likeness (QED) is 0.429. The number of aromatic nitrogens is 3. The van der Waals surface area contributed by atoms with Crippen molar-refractivity contribution in [3.8, 4) is 28.4 Å². The molecular weight excluding hydrogens is 382 g/mol. The molecule has 0 aliphatic heterocycles. The van der Waals surface area contributed by atoms with Gasteiger partial charge in [0.25, 0.3) is 0 Å². The van der Waals surface area contributed by atoms with Crippen molar-refractivity contribution in [1.29, 1.82) is 0 Å². The Bertz CT molecular complexity index is 1040. The molecule has 0 unspecified atom stereocenters. The second-order valence-electron chi connectivity index (χ2n) is 5.78. The van der Waals surface area contributed by atoms with E-state index in [0.29, 0.717) is 29.8 Å². The minimum Gasteiger partial charge on any atom is -0.494 e. The first-order valence-electron chi connectivity index (χ1n) is 8.47. The molecule has 0 fully saturated rings. The molecule has 0 amide bonds. The molecule has 27 heavy (non-hydrogen) atoms. The maximum Gasteiger partial charge on any atom is 0.233 e. The maximum absolute atomic E-state index is 6.02. The first-order valence-corrected chi connectivity index (χ1v) is 9.73. The zero-order valence-corrected chi connectivity index (χ0v) is 16.1. The Morgan fingerprint density at radius 2 is 1.93 bits per heavy atom. The summed E-state index contributed by atoms with van der Waals surface area (Å²) in [6.45, 7) is 2.62. The fraction of sp³-hybridized carbons (Fsp3) is 0.150. The molecule has 4 rings (SSSR count). The van der Waals surface area contributed by atoms with Crippen molar-refractivity contribution < 1.29 is 9.26 Å². The van der Waals surface area contributed by atoms with E-state index in [1.165, 1.54) is 0 Å². The topological polar surface area (TPSA) is 61.0 Å². The Kier molecular flexibility index (Phi) is 5.18. The number of nitrogens with zero attached hydrogens (tertiary/aromatic N) is 3. The van der Waals surface area contributed by atoms with Crippen LogP contribution in [0, 0.1) is 0 Å². The van der Waals surface area contributed by atoms with Gasteiger partial charge in [0.05, 0.1) is 18.7 Å². The Balaban J connectivity index is 1.48. The van der Waals surface area contributed by atoms with Gasteiger partial charge in [0.1, 0.15) is 10.8 Å². The van der Waals surface area contributed by atoms with Crippen molar-refractivity contribution in [2.45, 2.75) is 13.3 Å². The summed E-state index contributed by atoms with van der Waals surface area (Å²) < 4.78 is 10.8. The molecule has 0 aliphatic rings. The Morgan fingerprint density at radius 3 is 2.70 bits per heavy atom. The fourth-order valence-electron chi connectivity index (χ4n) is 2.61. The van der Waals surface area contributed by atoms with E-state index in [0.717, 1.165) is 27.6 Å². The average molecular weight is 398 g/mol. The molecule has 2 aromatic carbocycles. The lowest BCUT2D eigenvalue weighted by atomic mass is 10.2. The number of hydrogen-bond acceptors (Lipinski definition) is 6. The SMILES string of the molecule is CCOc1ccc(-c2csc(Cc3nc(-c4cccc(Cl)c4)no3)n2)cc1. The van der Waals surface area contributed by atoms with Gasteiger partial charge in [-0.25, -0.2) is 4.98 Å². The highest BCUT2D eigenvalue weighted by atomic mass is 35.5. The summed E-state index contributed by atoms with van der Waals surface area (Å²) in [5.74, 6) is 1.91. The van der Waals surface area contributed by atoms with Crippen LogP contribution in [0.2, 0.25) is 5.02 Å². The smallest absolute Gasteiger partial charge is 0.233 e. The molecule has 0 saturated carbocycles. The van der Waals surface area contributed by atoms with Gasteiger partial charge in [-0.3, -0.25) is 0 Å². The van der Waals surface area contributed by atoms with Gasteiger partial charge in [-0.15, -0.1) is 11.3 Å². The lowest BCUT2D eigenvalue weighted by Crippen LogP contribution is -1.91. The molecule has 0 radical (unpaired) electrons. The largest absolute Gasteiger partial charge is 0.494 e. The van der Waals surface area contributed by atoms with Crippen LogP contribution in [0.15, 0.2) is 58.4 Å². The number of thiazole rings is 1. The second-order valence-corrected chi connectivity index (χ2v) is 7.16. The molecule has 0 saturated heterocycles. The van der Waals surface area contributed by atoms with Gasteiger partial charge in [-0.1, -0.05) is 28.9 Å². The van der Waals surface area contributed by atoms with Crippen LogP contribution in [0.3, 0.4) is 0 Å². The average Bonchev–Trinajstić information content (AvgIpc) is 3.33. The number of benzene rings is 2. The van der Waals surface area contributed by atoms with E-state index in [-0.39, 0.29) is 0 Å². The van der Waals surface area contributed by atoms with Crippen molar-refractivity contribution in [3.05, 3.63) is 69.8 Å². The Morgan fingerprint density at radius 1 is 1.07 bits per heavy atom. The highest BCUT2D eigenvalue weighted by Crippen LogP contribution is 2.26. The molecule has 2 heterocycles. The molecule has 0 bridgehead atoms. The zero-order valence-electron chi connectivity index (χ0n) is 14.6. The molecule has 0 atom stereocenters. The second kappa shape index (κ2) is 7.90. The molecule has 2 aromatic heterocycles. The molecule has 7 heteroatoms. The highest BCUT2D eigenvalue weighted by Gasteiger charge is 2.12. The summed E-state index contributed by atoms with van der Waals surface area (Å²) in [6.07, 6.45) is 0.495. The predicted octanol–water partition coefficient (Wildman–Crippen LogP) is 5.50. The molecule has 0 spiro atoms. The summed E-state index contributed by atoms with van der Waals surface area (Å²) in [5.41, 5.74) is 2.80. The van der Waals surface area contributed by atoms with Crippen LogP contribution in [0.1, 0.15) is 17.8 Å². The predicted molar refractivity (Wildman–Crippen MR) is 106 cm³/mol. The number of hydrogen-bond donors (Lipinski definition) is 0. The number of ether oxygens (including phenoxy) is 1. The van der Waals surface area contributed by atoms with Crippen LogP contribution < -0.4 is 4.74 Å². The number of halogens is 1. The highest BCUT2D eigenvalue weighted by molar-refractivity contribution is 7.10. The van der Waals surface area contributed by atoms with E-state index in [2.05, 4.69) is 15.1 Å². The molecular formula is C20H16ClN3O2S. The third-order valence-electron chi connectivity index (χ3n) is 3.87. The minimum absolute atomic E-state index is 0.495. The fourth-order valence-corrected chi connectivity index (χ4v) is 3.60. The van der Waals surface area contributed by atoms with Gasteiger partial charge in [-0.2, -0.15) is 4.98 Å². The van der Waals surface area contributed by atoms with Crippen molar-refractivity contribution in [2.75, 3.05) is 6.61 Å². The lowest BCUT2D eigenvalue weighted by Gasteiger charge is -2.03. The van der Waals surface area contributed by atoms with Crippen LogP contribution >= 0.6 is 22.9 Å². The minimum atomic E-state index is 0.495. The standard InChI is InChI=1S/C20H16ClN3O2S/c1-2-25-16-8-6-13(7-9-16)17-12-27-19(22-17)11-18-23-20(24-26-18)14-4-3-5-15(21)10-14/h3-10,12H,2,11H2,1H3. The molecule has 0 N–H and O–H groups in total. The maximum atomic E-state index is 6.02. The van der Waals surface area contributed by atoms with Crippen molar-refractivity contribution in [3.63, 3.8) is 0 Å². The third kappa shape index (κ3) is 4.18. The van der Waals surface area contributed by atoms with Crippen LogP contribution in [-0.2, 0) is 6.42 Å². The van der Waals surface area contributed by atoms with Crippen molar-refractivity contribution in [1.82, 2.24) is 15.1 Å². The summed E-state index contributed by atoms with van der Waals surface area (Å²) in [5, 5.41) is 7.62. The number of rotatable bonds is 6. The first kappa shape index (κ1) is 17.7. The van der Waals surface area contributed by atoms with E-state index >= 15 is 0 Å². The third-order valence-corrected chi connectivity index (χ3v) is 4.95. The Labute approximate surface area is 165 Å². The van der Waals surface area contributed by atoms with Gasteiger partial charge >= 0.3 is 0 Å². The Hall–Kier alpha value is -2.70. The van der Waals surface area contributed by atoms with Crippen LogP contribution in [0.4, 0.5) is 0 Å². The van der Waals surface area contributed by atoms with Gasteiger partial charge < -0.3 is 9.26 Å². The molecule has 5 nitrogen and oxygen atoms in total. The van der Waals surface area contributed by atoms with Crippen molar-refractivity contribution >= 4 is 22.9 Å². The van der Waals surface area contributed by atoms with E-state index in [4.69, 9.17) is 20.9 Å². The van der Waals surface area contributed by atoms with Gasteiger partial charge in [0, 0.05) is 21.5 Å². The first-order chi connectivity index (χ1) is 13.2. The summed E-state index contributed by atoms with van der Waals surface area (Å²) in [6, 6.07) is 15.3. The van der Waals surface area contributed by atoms with Crippen LogP contribution in [0.5, 0.6) is 5.75 Å². The summed E-state index contributed by atoms with van der Waals surface area (Å²) in [7, 11) is 0. The van der Waals surface area contributed by atoms with E-state index < -0.39 is 0 Å². The van der Waals surface area contributed by atoms with Gasteiger partial charge in [0.2, 0.25) is 11.7 Å². The summed E-state index contributed by atoms with van der Waals surface area (Å²) in [4.78, 5) is 9.12. The normalized spacial score (nSPS) is 10.9. The van der Waals surface area contributed by atoms with Crippen molar-refractivity contribution in [2.24, 2.45) is 0 Å². The molecule has 0 aliphatic carbocycles. The van der Waals surface area contributed by atoms with Crippen LogP contribution in [-0.4, -0.2) is 21.7 Å². The van der Waals surface area contributed by atoms with Gasteiger partial charge in [-0.05, 0) is 43.3 Å². The molecule has 4 aromatic rings. The van der Waals surface area contributed by atoms with Gasteiger partial charge in [0.15, 0.2) is 0 Å². The van der Waals surface area contributed by atoms with E-state index in [9.17, 15) is 0 Å². The van der Waals surface area contributed by atoms with E-state index in [1.807, 2.05) is 60.8 Å². The summed E-state index contributed by atoms with van der Waals surface area (Å²) >= 11 is 7.59. The van der Waals surface area contributed by atoms with E-state index in [1.54, 1.807) is 11.3 Å². The van der Waals surface area contributed by atoms with Crippen LogP contribution in [0.25, 0.3) is 22.6 Å².